The van der Waals surface area contributed by atoms with Gasteiger partial charge in [-0.3, -0.25) is 4.79 Å². The third-order valence-corrected chi connectivity index (χ3v) is 5.36. The van der Waals surface area contributed by atoms with Gasteiger partial charge in [-0.05, 0) is 57.7 Å². The Bertz CT molecular complexity index is 326. The minimum atomic E-state index is 0.0509. The Morgan fingerprint density at radius 2 is 1.90 bits per heavy atom. The van der Waals surface area contributed by atoms with E-state index >= 15 is 0 Å². The van der Waals surface area contributed by atoms with Crippen molar-refractivity contribution < 1.29 is 4.79 Å². The number of carbonyl (C=O) groups excluding carboxylic acids is 1. The van der Waals surface area contributed by atoms with Crippen molar-refractivity contribution in [3.8, 4) is 0 Å². The minimum Gasteiger partial charge on any atom is -0.345 e. The number of piperidine rings is 1. The molecule has 3 atom stereocenters. The molecule has 3 unspecified atom stereocenters. The summed E-state index contributed by atoms with van der Waals surface area (Å²) in [4.78, 5) is 17.0. The first-order valence-electron chi connectivity index (χ1n) is 8.18. The van der Waals surface area contributed by atoms with Gasteiger partial charge >= 0.3 is 0 Å². The van der Waals surface area contributed by atoms with E-state index in [0.29, 0.717) is 11.8 Å². The van der Waals surface area contributed by atoms with Crippen LogP contribution in [-0.4, -0.2) is 55.5 Å². The first kappa shape index (κ1) is 15.8. The van der Waals surface area contributed by atoms with Crippen LogP contribution in [0.1, 0.15) is 39.0 Å². The quantitative estimate of drug-likeness (QED) is 0.854. The predicted octanol–water partition coefficient (Wildman–Crippen LogP) is 1.55. The van der Waals surface area contributed by atoms with Gasteiger partial charge in [0, 0.05) is 19.6 Å². The van der Waals surface area contributed by atoms with Crippen LogP contribution in [0.3, 0.4) is 0 Å². The van der Waals surface area contributed by atoms with Crippen LogP contribution in [-0.2, 0) is 4.79 Å². The Labute approximate surface area is 123 Å². The zero-order chi connectivity index (χ0) is 14.7. The zero-order valence-electron chi connectivity index (χ0n) is 13.3. The number of nitrogens with zero attached hydrogens (tertiary/aromatic N) is 2. The second-order valence-electron chi connectivity index (χ2n) is 7.06. The lowest BCUT2D eigenvalue weighted by Gasteiger charge is -2.37. The molecule has 1 aliphatic carbocycles. The molecule has 1 saturated carbocycles. The summed E-state index contributed by atoms with van der Waals surface area (Å²) in [5.74, 6) is 1.48. The number of rotatable bonds is 3. The van der Waals surface area contributed by atoms with Crippen molar-refractivity contribution in [1.29, 1.82) is 0 Å². The molecule has 20 heavy (non-hydrogen) atoms. The molecule has 0 aromatic heterocycles. The molecule has 1 saturated heterocycles. The van der Waals surface area contributed by atoms with Crippen molar-refractivity contribution in [2.75, 3.05) is 33.7 Å². The van der Waals surface area contributed by atoms with Gasteiger partial charge in [0.15, 0.2) is 0 Å². The molecule has 4 nitrogen and oxygen atoms in total. The van der Waals surface area contributed by atoms with E-state index < -0.39 is 0 Å². The van der Waals surface area contributed by atoms with Crippen LogP contribution in [0.4, 0.5) is 0 Å². The fourth-order valence-electron chi connectivity index (χ4n) is 3.73. The van der Waals surface area contributed by atoms with E-state index in [0.717, 1.165) is 32.5 Å². The van der Waals surface area contributed by atoms with E-state index in [1.807, 2.05) is 11.9 Å². The largest absolute Gasteiger partial charge is 0.345 e. The van der Waals surface area contributed by atoms with E-state index in [4.69, 9.17) is 5.73 Å². The summed E-state index contributed by atoms with van der Waals surface area (Å²) < 4.78 is 0. The van der Waals surface area contributed by atoms with Crippen molar-refractivity contribution in [1.82, 2.24) is 9.80 Å². The molecule has 2 N–H and O–H groups in total. The molecule has 0 aromatic carbocycles. The van der Waals surface area contributed by atoms with Crippen LogP contribution in [0.5, 0.6) is 0 Å². The molecule has 2 rings (SSSR count). The van der Waals surface area contributed by atoms with Gasteiger partial charge in [0.1, 0.15) is 0 Å². The summed E-state index contributed by atoms with van der Waals surface area (Å²) in [6.45, 7) is 5.41. The normalized spacial score (nSPS) is 33.1. The second kappa shape index (κ2) is 6.90. The summed E-state index contributed by atoms with van der Waals surface area (Å²) in [7, 11) is 4.14. The molecule has 1 amide bonds. The molecular formula is C16H31N3O. The molecule has 0 spiro atoms. The highest BCUT2D eigenvalue weighted by Gasteiger charge is 2.34. The summed E-state index contributed by atoms with van der Waals surface area (Å²) in [6, 6.07) is 0.0520. The van der Waals surface area contributed by atoms with Crippen molar-refractivity contribution in [2.24, 2.45) is 23.5 Å². The maximum absolute atomic E-state index is 12.6. The average molecular weight is 281 g/mol. The van der Waals surface area contributed by atoms with E-state index in [1.54, 1.807) is 0 Å². The molecule has 116 valence electrons. The molecule has 0 radical (unpaired) electrons. The predicted molar refractivity (Wildman–Crippen MR) is 82.3 cm³/mol. The van der Waals surface area contributed by atoms with Gasteiger partial charge in [-0.2, -0.15) is 0 Å². The lowest BCUT2D eigenvalue weighted by atomic mass is 9.77. The van der Waals surface area contributed by atoms with Gasteiger partial charge in [0.2, 0.25) is 5.91 Å². The zero-order valence-corrected chi connectivity index (χ0v) is 13.3. The van der Waals surface area contributed by atoms with E-state index in [2.05, 4.69) is 18.9 Å². The van der Waals surface area contributed by atoms with Gasteiger partial charge < -0.3 is 15.5 Å². The van der Waals surface area contributed by atoms with Gasteiger partial charge in [-0.15, -0.1) is 0 Å². The highest BCUT2D eigenvalue weighted by atomic mass is 16.2. The topological polar surface area (TPSA) is 49.6 Å². The Hall–Kier alpha value is -0.610. The monoisotopic (exact) mass is 281 g/mol. The number of nitrogens with two attached hydrogens (primary N) is 1. The molecule has 1 aliphatic heterocycles. The lowest BCUT2D eigenvalue weighted by molar-refractivity contribution is -0.137. The van der Waals surface area contributed by atoms with E-state index in [9.17, 15) is 4.79 Å². The Kier molecular flexibility index (Phi) is 5.44. The molecular weight excluding hydrogens is 250 g/mol. The Morgan fingerprint density at radius 1 is 1.25 bits per heavy atom. The van der Waals surface area contributed by atoms with Crippen LogP contribution in [0.25, 0.3) is 0 Å². The summed E-state index contributed by atoms with van der Waals surface area (Å²) in [5, 5.41) is 0. The third-order valence-electron chi connectivity index (χ3n) is 5.36. The van der Waals surface area contributed by atoms with Crippen molar-refractivity contribution >= 4 is 5.91 Å². The highest BCUT2D eigenvalue weighted by molar-refractivity contribution is 5.79. The smallest absolute Gasteiger partial charge is 0.227 e. The number of carbonyl (C=O) groups is 1. The number of hydrogen-bond acceptors (Lipinski definition) is 3. The van der Waals surface area contributed by atoms with Gasteiger partial charge in [0.05, 0.1) is 5.92 Å². The van der Waals surface area contributed by atoms with Crippen LogP contribution >= 0.6 is 0 Å². The van der Waals surface area contributed by atoms with Gasteiger partial charge in [0.25, 0.3) is 0 Å². The first-order chi connectivity index (χ1) is 9.49. The van der Waals surface area contributed by atoms with Gasteiger partial charge in [-0.25, -0.2) is 0 Å². The van der Waals surface area contributed by atoms with E-state index in [-0.39, 0.29) is 17.9 Å². The molecule has 0 aromatic rings. The van der Waals surface area contributed by atoms with Crippen molar-refractivity contribution in [3.05, 3.63) is 0 Å². The minimum absolute atomic E-state index is 0.0509. The van der Waals surface area contributed by atoms with Crippen LogP contribution in [0.2, 0.25) is 0 Å². The Morgan fingerprint density at radius 3 is 2.55 bits per heavy atom. The van der Waals surface area contributed by atoms with Gasteiger partial charge in [-0.1, -0.05) is 13.3 Å². The maximum Gasteiger partial charge on any atom is 0.227 e. The molecule has 0 bridgehead atoms. The van der Waals surface area contributed by atoms with Crippen molar-refractivity contribution in [2.45, 2.75) is 45.1 Å². The average Bonchev–Trinajstić information content (AvgIpc) is 2.43. The molecule has 2 aliphatic rings. The standard InChI is InChI=1S/C16H31N3O/c1-12-5-4-6-14(15(12)17)16(20)19(3)11-13-7-9-18(2)10-8-13/h12-15H,4-11,17H2,1-3H3. The van der Waals surface area contributed by atoms with Crippen LogP contribution in [0.15, 0.2) is 0 Å². The number of amides is 1. The third kappa shape index (κ3) is 3.73. The van der Waals surface area contributed by atoms with Crippen molar-refractivity contribution in [3.63, 3.8) is 0 Å². The number of likely N-dealkylation sites (tertiary alicyclic amines) is 1. The fraction of sp³-hybridized carbons (Fsp3) is 0.938. The molecule has 4 heteroatoms. The number of hydrogen-bond donors (Lipinski definition) is 1. The maximum atomic E-state index is 12.6. The second-order valence-corrected chi connectivity index (χ2v) is 7.06. The van der Waals surface area contributed by atoms with Crippen LogP contribution in [0, 0.1) is 17.8 Å². The summed E-state index contributed by atoms with van der Waals surface area (Å²) in [5.41, 5.74) is 6.26. The first-order valence-corrected chi connectivity index (χ1v) is 8.18. The van der Waals surface area contributed by atoms with Crippen LogP contribution < -0.4 is 5.73 Å². The summed E-state index contributed by atoms with van der Waals surface area (Å²) >= 11 is 0. The molecule has 2 fully saturated rings. The molecule has 1 heterocycles. The SMILES string of the molecule is CC1CCCC(C(=O)N(C)CC2CCN(C)CC2)C1N. The Balaban J connectivity index is 1.85. The van der Waals surface area contributed by atoms with E-state index in [1.165, 1.54) is 19.3 Å². The highest BCUT2D eigenvalue weighted by Crippen LogP contribution is 2.29. The summed E-state index contributed by atoms with van der Waals surface area (Å²) in [6.07, 6.45) is 5.71. The lowest BCUT2D eigenvalue weighted by Crippen LogP contribution is -2.49. The fourth-order valence-corrected chi connectivity index (χ4v) is 3.73.